The summed E-state index contributed by atoms with van der Waals surface area (Å²) < 4.78 is 10.3. The first-order chi connectivity index (χ1) is 11.5. The van der Waals surface area contributed by atoms with Crippen LogP contribution in [0.25, 0.3) is 0 Å². The molecule has 132 valence electrons. The number of likely N-dealkylation sites (tertiary alicyclic amines) is 1. The highest BCUT2D eigenvalue weighted by atomic mass is 16.5. The average molecular weight is 336 g/mol. The topological polar surface area (TPSA) is 88.8 Å². The van der Waals surface area contributed by atoms with Gasteiger partial charge in [-0.25, -0.2) is 0 Å². The van der Waals surface area contributed by atoms with Crippen LogP contribution in [-0.2, 0) is 20.9 Å². The number of amides is 1. The second-order valence-electron chi connectivity index (χ2n) is 6.76. The molecule has 1 amide bonds. The molecule has 1 aromatic heterocycles. The van der Waals surface area contributed by atoms with Gasteiger partial charge in [0.2, 0.25) is 11.8 Å². The van der Waals surface area contributed by atoms with E-state index in [1.165, 1.54) is 0 Å². The third-order valence-electron chi connectivity index (χ3n) is 4.68. The van der Waals surface area contributed by atoms with Crippen molar-refractivity contribution in [3.63, 3.8) is 0 Å². The SMILES string of the molecule is CC(=O)N(Cc1noc(C(C)C)n1)[C@@H]1CCN([C@@H]2CCOC2=O)C1. The summed E-state index contributed by atoms with van der Waals surface area (Å²) in [6.07, 6.45) is 1.56. The Labute approximate surface area is 141 Å². The molecule has 8 nitrogen and oxygen atoms in total. The Balaban J connectivity index is 1.65. The summed E-state index contributed by atoms with van der Waals surface area (Å²) in [5.41, 5.74) is 0. The Morgan fingerprint density at radius 2 is 2.21 bits per heavy atom. The van der Waals surface area contributed by atoms with E-state index in [2.05, 4.69) is 15.0 Å². The largest absolute Gasteiger partial charge is 0.464 e. The Morgan fingerprint density at radius 3 is 2.79 bits per heavy atom. The first kappa shape index (κ1) is 16.9. The number of hydrogen-bond acceptors (Lipinski definition) is 7. The maximum Gasteiger partial charge on any atom is 0.323 e. The predicted octanol–water partition coefficient (Wildman–Crippen LogP) is 0.931. The lowest BCUT2D eigenvalue weighted by Gasteiger charge is -2.27. The lowest BCUT2D eigenvalue weighted by Crippen LogP contribution is -2.43. The van der Waals surface area contributed by atoms with E-state index < -0.39 is 0 Å². The molecule has 2 saturated heterocycles. The maximum atomic E-state index is 12.1. The van der Waals surface area contributed by atoms with Crippen molar-refractivity contribution in [3.8, 4) is 0 Å². The summed E-state index contributed by atoms with van der Waals surface area (Å²) in [5.74, 6) is 1.09. The third kappa shape index (κ3) is 3.43. The normalized spacial score (nSPS) is 24.6. The zero-order chi connectivity index (χ0) is 17.3. The minimum Gasteiger partial charge on any atom is -0.464 e. The van der Waals surface area contributed by atoms with Crippen molar-refractivity contribution in [2.24, 2.45) is 0 Å². The molecule has 3 rings (SSSR count). The van der Waals surface area contributed by atoms with Crippen LogP contribution < -0.4 is 0 Å². The molecule has 0 aromatic carbocycles. The van der Waals surface area contributed by atoms with Gasteiger partial charge in [0.25, 0.3) is 0 Å². The Hall–Kier alpha value is -1.96. The molecule has 2 aliphatic heterocycles. The Morgan fingerprint density at radius 1 is 1.42 bits per heavy atom. The zero-order valence-corrected chi connectivity index (χ0v) is 14.4. The number of hydrogen-bond donors (Lipinski definition) is 0. The van der Waals surface area contributed by atoms with Gasteiger partial charge in [-0.1, -0.05) is 19.0 Å². The van der Waals surface area contributed by atoms with Gasteiger partial charge < -0.3 is 14.2 Å². The van der Waals surface area contributed by atoms with Crippen LogP contribution >= 0.6 is 0 Å². The van der Waals surface area contributed by atoms with Gasteiger partial charge >= 0.3 is 5.97 Å². The van der Waals surface area contributed by atoms with E-state index in [-0.39, 0.29) is 29.9 Å². The predicted molar refractivity (Wildman–Crippen MR) is 84.0 cm³/mol. The summed E-state index contributed by atoms with van der Waals surface area (Å²) >= 11 is 0. The molecule has 0 unspecified atom stereocenters. The van der Waals surface area contributed by atoms with E-state index in [1.54, 1.807) is 11.8 Å². The van der Waals surface area contributed by atoms with Gasteiger partial charge in [0.05, 0.1) is 13.2 Å². The van der Waals surface area contributed by atoms with Crippen molar-refractivity contribution in [3.05, 3.63) is 11.7 Å². The zero-order valence-electron chi connectivity index (χ0n) is 14.4. The van der Waals surface area contributed by atoms with Crippen molar-refractivity contribution in [1.29, 1.82) is 0 Å². The van der Waals surface area contributed by atoms with Crippen LogP contribution in [0.5, 0.6) is 0 Å². The van der Waals surface area contributed by atoms with Crippen LogP contribution in [0.4, 0.5) is 0 Å². The summed E-state index contributed by atoms with van der Waals surface area (Å²) in [7, 11) is 0. The van der Waals surface area contributed by atoms with Crippen LogP contribution in [0.15, 0.2) is 4.52 Å². The number of carbonyl (C=O) groups excluding carboxylic acids is 2. The Bertz CT molecular complexity index is 615. The van der Waals surface area contributed by atoms with Crippen LogP contribution in [0, 0.1) is 0 Å². The molecule has 2 atom stereocenters. The van der Waals surface area contributed by atoms with E-state index in [0.29, 0.717) is 31.4 Å². The summed E-state index contributed by atoms with van der Waals surface area (Å²) in [6, 6.07) is -0.113. The first-order valence-electron chi connectivity index (χ1n) is 8.46. The molecule has 2 fully saturated rings. The van der Waals surface area contributed by atoms with Gasteiger partial charge in [0, 0.05) is 38.4 Å². The summed E-state index contributed by atoms with van der Waals surface area (Å²) in [4.78, 5) is 32.1. The number of esters is 1. The van der Waals surface area contributed by atoms with Crippen LogP contribution in [0.1, 0.15) is 51.2 Å². The van der Waals surface area contributed by atoms with Crippen molar-refractivity contribution in [2.75, 3.05) is 19.7 Å². The monoisotopic (exact) mass is 336 g/mol. The summed E-state index contributed by atoms with van der Waals surface area (Å²) in [6.45, 7) is 7.80. The molecule has 2 aliphatic rings. The van der Waals surface area contributed by atoms with Crippen molar-refractivity contribution >= 4 is 11.9 Å². The quantitative estimate of drug-likeness (QED) is 0.739. The molecule has 0 radical (unpaired) electrons. The third-order valence-corrected chi connectivity index (χ3v) is 4.68. The molecule has 0 spiro atoms. The number of cyclic esters (lactones) is 1. The number of ether oxygens (including phenoxy) is 1. The van der Waals surface area contributed by atoms with E-state index in [9.17, 15) is 9.59 Å². The fourth-order valence-electron chi connectivity index (χ4n) is 3.34. The highest BCUT2D eigenvalue weighted by molar-refractivity contribution is 5.77. The molecule has 0 aliphatic carbocycles. The van der Waals surface area contributed by atoms with Crippen molar-refractivity contribution < 1.29 is 18.8 Å². The molecule has 1 aromatic rings. The minimum absolute atomic E-state index is 0.0215. The van der Waals surface area contributed by atoms with E-state index in [0.717, 1.165) is 19.4 Å². The fourth-order valence-corrected chi connectivity index (χ4v) is 3.34. The highest BCUT2D eigenvalue weighted by Crippen LogP contribution is 2.24. The van der Waals surface area contributed by atoms with E-state index >= 15 is 0 Å². The van der Waals surface area contributed by atoms with Gasteiger partial charge in [-0.15, -0.1) is 0 Å². The molecule has 8 heteroatoms. The van der Waals surface area contributed by atoms with Gasteiger partial charge in [-0.2, -0.15) is 4.98 Å². The van der Waals surface area contributed by atoms with Crippen molar-refractivity contribution in [1.82, 2.24) is 19.9 Å². The number of nitrogens with zero attached hydrogens (tertiary/aromatic N) is 4. The number of aromatic nitrogens is 2. The van der Waals surface area contributed by atoms with Crippen LogP contribution in [0.3, 0.4) is 0 Å². The smallest absolute Gasteiger partial charge is 0.323 e. The number of carbonyl (C=O) groups is 2. The molecule has 24 heavy (non-hydrogen) atoms. The lowest BCUT2D eigenvalue weighted by atomic mass is 10.2. The highest BCUT2D eigenvalue weighted by Gasteiger charge is 2.39. The molecular weight excluding hydrogens is 312 g/mol. The molecule has 0 saturated carbocycles. The second-order valence-corrected chi connectivity index (χ2v) is 6.76. The second kappa shape index (κ2) is 6.88. The van der Waals surface area contributed by atoms with Gasteiger partial charge in [0.1, 0.15) is 6.04 Å². The van der Waals surface area contributed by atoms with Gasteiger partial charge in [0.15, 0.2) is 5.82 Å². The minimum atomic E-state index is -0.165. The molecular formula is C16H24N4O4. The lowest BCUT2D eigenvalue weighted by molar-refractivity contribution is -0.142. The van der Waals surface area contributed by atoms with Gasteiger partial charge in [-0.05, 0) is 6.42 Å². The van der Waals surface area contributed by atoms with Crippen LogP contribution in [-0.4, -0.2) is 63.6 Å². The average Bonchev–Trinajstić information content (AvgIpc) is 3.24. The van der Waals surface area contributed by atoms with E-state index in [1.807, 2.05) is 13.8 Å². The van der Waals surface area contributed by atoms with E-state index in [4.69, 9.17) is 9.26 Å². The standard InChI is InChI=1S/C16H24N4O4/c1-10(2)15-17-14(18-24-15)9-20(11(3)21)12-4-6-19(8-12)13-5-7-23-16(13)22/h10,12-13H,4-9H2,1-3H3/t12-,13-/m1/s1. The summed E-state index contributed by atoms with van der Waals surface area (Å²) in [5, 5.41) is 3.97. The molecule has 0 bridgehead atoms. The Kier molecular flexibility index (Phi) is 4.84. The van der Waals surface area contributed by atoms with Gasteiger partial charge in [-0.3, -0.25) is 14.5 Å². The molecule has 3 heterocycles. The molecule has 0 N–H and O–H groups in total. The van der Waals surface area contributed by atoms with Crippen molar-refractivity contribution in [2.45, 2.75) is 58.2 Å². The van der Waals surface area contributed by atoms with Crippen LogP contribution in [0.2, 0.25) is 0 Å². The fraction of sp³-hybridized carbons (Fsp3) is 0.750. The first-order valence-corrected chi connectivity index (χ1v) is 8.46. The number of rotatable bonds is 5. The maximum absolute atomic E-state index is 12.1.